The van der Waals surface area contributed by atoms with Crippen LogP contribution in [-0.4, -0.2) is 6.04 Å². The maximum Gasteiger partial charge on any atom is 0.142 e. The smallest absolute Gasteiger partial charge is 0.142 e. The van der Waals surface area contributed by atoms with Crippen LogP contribution in [-0.2, 0) is 6.42 Å². The van der Waals surface area contributed by atoms with E-state index in [2.05, 4.69) is 0 Å². The molecule has 98 valence electrons. The maximum atomic E-state index is 13.4. The molecule has 1 aromatic rings. The third kappa shape index (κ3) is 2.28. The van der Waals surface area contributed by atoms with Gasteiger partial charge in [-0.2, -0.15) is 0 Å². The average molecular weight is 268 g/mol. The summed E-state index contributed by atoms with van der Waals surface area (Å²) in [5.74, 6) is 2.03. The highest BCUT2D eigenvalue weighted by Gasteiger charge is 2.41. The van der Waals surface area contributed by atoms with Crippen molar-refractivity contribution in [3.05, 3.63) is 34.6 Å². The van der Waals surface area contributed by atoms with Crippen molar-refractivity contribution in [3.8, 4) is 0 Å². The molecule has 4 atom stereocenters. The summed E-state index contributed by atoms with van der Waals surface area (Å²) in [5.41, 5.74) is 7.30. The van der Waals surface area contributed by atoms with Crippen molar-refractivity contribution in [2.75, 3.05) is 0 Å². The second-order valence-electron chi connectivity index (χ2n) is 5.96. The van der Waals surface area contributed by atoms with Gasteiger partial charge in [-0.25, -0.2) is 4.39 Å². The van der Waals surface area contributed by atoms with Gasteiger partial charge >= 0.3 is 0 Å². The topological polar surface area (TPSA) is 26.0 Å². The summed E-state index contributed by atoms with van der Waals surface area (Å²) in [6.45, 7) is 0. The summed E-state index contributed by atoms with van der Waals surface area (Å²) in [6.07, 6.45) is 6.15. The zero-order valence-electron chi connectivity index (χ0n) is 10.4. The Hall–Kier alpha value is -0.600. The Morgan fingerprint density at radius 1 is 1.33 bits per heavy atom. The van der Waals surface area contributed by atoms with Crippen molar-refractivity contribution in [3.63, 3.8) is 0 Å². The van der Waals surface area contributed by atoms with Crippen molar-refractivity contribution in [2.24, 2.45) is 23.5 Å². The molecule has 1 aromatic carbocycles. The molecule has 3 rings (SSSR count). The van der Waals surface area contributed by atoms with Gasteiger partial charge in [0.25, 0.3) is 0 Å². The first-order valence-electron chi connectivity index (χ1n) is 6.83. The summed E-state index contributed by atoms with van der Waals surface area (Å²) in [6, 6.07) is 5.20. The lowest BCUT2D eigenvalue weighted by Gasteiger charge is -2.27. The molecule has 18 heavy (non-hydrogen) atoms. The molecule has 3 heteroatoms. The van der Waals surface area contributed by atoms with Gasteiger partial charge in [0.15, 0.2) is 0 Å². The standard InChI is InChI=1S/C15H19ClFN/c16-13-4-2-10(7-14(13)17)8-15(18)12-6-9-1-3-11(12)5-9/h2,4,7,9,11-12,15H,1,3,5-6,8,18H2. The first-order valence-corrected chi connectivity index (χ1v) is 7.21. The van der Waals surface area contributed by atoms with Crippen LogP contribution < -0.4 is 5.73 Å². The van der Waals surface area contributed by atoms with E-state index in [1.165, 1.54) is 31.7 Å². The zero-order chi connectivity index (χ0) is 12.7. The second kappa shape index (κ2) is 4.82. The first-order chi connectivity index (χ1) is 8.63. The Bertz CT molecular complexity index is 448. The summed E-state index contributed by atoms with van der Waals surface area (Å²) in [5, 5.41) is 0.187. The zero-order valence-corrected chi connectivity index (χ0v) is 11.2. The van der Waals surface area contributed by atoms with Gasteiger partial charge in [0, 0.05) is 6.04 Å². The van der Waals surface area contributed by atoms with Crippen LogP contribution in [0.2, 0.25) is 5.02 Å². The van der Waals surface area contributed by atoms with Crippen LogP contribution in [0.3, 0.4) is 0 Å². The van der Waals surface area contributed by atoms with Gasteiger partial charge < -0.3 is 5.73 Å². The molecule has 0 amide bonds. The Balaban J connectivity index is 1.67. The molecule has 2 bridgehead atoms. The van der Waals surface area contributed by atoms with Gasteiger partial charge in [0.1, 0.15) is 5.82 Å². The molecule has 0 aliphatic heterocycles. The van der Waals surface area contributed by atoms with Gasteiger partial charge in [-0.3, -0.25) is 0 Å². The number of hydrogen-bond acceptors (Lipinski definition) is 1. The fraction of sp³-hybridized carbons (Fsp3) is 0.600. The number of benzene rings is 1. The lowest BCUT2D eigenvalue weighted by Crippen LogP contribution is -2.35. The van der Waals surface area contributed by atoms with Crippen LogP contribution in [0.5, 0.6) is 0 Å². The molecule has 1 nitrogen and oxygen atoms in total. The van der Waals surface area contributed by atoms with Crippen molar-refractivity contribution in [1.82, 2.24) is 0 Å². The molecule has 0 radical (unpaired) electrons. The SMILES string of the molecule is NC(Cc1ccc(Cl)c(F)c1)C1CC2CCC1C2. The molecule has 2 N–H and O–H groups in total. The van der Waals surface area contributed by atoms with Crippen LogP contribution in [0.1, 0.15) is 31.2 Å². The molecular weight excluding hydrogens is 249 g/mol. The van der Waals surface area contributed by atoms with Crippen molar-refractivity contribution < 1.29 is 4.39 Å². The monoisotopic (exact) mass is 267 g/mol. The molecule has 4 unspecified atom stereocenters. The van der Waals surface area contributed by atoms with Crippen LogP contribution in [0.25, 0.3) is 0 Å². The van der Waals surface area contributed by atoms with E-state index < -0.39 is 0 Å². The normalized spacial score (nSPS) is 31.8. The van der Waals surface area contributed by atoms with Crippen LogP contribution >= 0.6 is 11.6 Å². The van der Waals surface area contributed by atoms with Crippen LogP contribution in [0, 0.1) is 23.6 Å². The van der Waals surface area contributed by atoms with E-state index in [1.54, 1.807) is 6.07 Å². The van der Waals surface area contributed by atoms with Gasteiger partial charge in [0.05, 0.1) is 5.02 Å². The van der Waals surface area contributed by atoms with E-state index in [0.717, 1.165) is 23.8 Å². The maximum absolute atomic E-state index is 13.4. The highest BCUT2D eigenvalue weighted by Crippen LogP contribution is 2.49. The predicted molar refractivity (Wildman–Crippen MR) is 72.0 cm³/mol. The van der Waals surface area contributed by atoms with E-state index in [0.29, 0.717) is 5.92 Å². The van der Waals surface area contributed by atoms with E-state index in [-0.39, 0.29) is 16.9 Å². The third-order valence-electron chi connectivity index (χ3n) is 4.80. The van der Waals surface area contributed by atoms with Crippen LogP contribution in [0.15, 0.2) is 18.2 Å². The third-order valence-corrected chi connectivity index (χ3v) is 5.10. The molecule has 0 aromatic heterocycles. The Labute approximate surface area is 113 Å². The summed E-state index contributed by atoms with van der Waals surface area (Å²) in [4.78, 5) is 0. The number of rotatable bonds is 3. The highest BCUT2D eigenvalue weighted by molar-refractivity contribution is 6.30. The quantitative estimate of drug-likeness (QED) is 0.886. The van der Waals surface area contributed by atoms with Crippen molar-refractivity contribution >= 4 is 11.6 Å². The number of halogens is 2. The molecule has 2 fully saturated rings. The predicted octanol–water partition coefficient (Wildman–Crippen LogP) is 3.79. The van der Waals surface area contributed by atoms with E-state index in [9.17, 15) is 4.39 Å². The molecule has 2 aliphatic carbocycles. The summed E-state index contributed by atoms with van der Waals surface area (Å²) >= 11 is 5.69. The summed E-state index contributed by atoms with van der Waals surface area (Å²) in [7, 11) is 0. The number of fused-ring (bicyclic) bond motifs is 2. The molecule has 0 spiro atoms. The van der Waals surface area contributed by atoms with Crippen molar-refractivity contribution in [1.29, 1.82) is 0 Å². The van der Waals surface area contributed by atoms with E-state index in [4.69, 9.17) is 17.3 Å². The number of nitrogens with two attached hydrogens (primary N) is 1. The van der Waals surface area contributed by atoms with Gasteiger partial charge in [-0.15, -0.1) is 0 Å². The number of hydrogen-bond donors (Lipinski definition) is 1. The Kier molecular flexibility index (Phi) is 3.33. The largest absolute Gasteiger partial charge is 0.327 e. The van der Waals surface area contributed by atoms with E-state index >= 15 is 0 Å². The van der Waals surface area contributed by atoms with E-state index in [1.807, 2.05) is 6.07 Å². The summed E-state index contributed by atoms with van der Waals surface area (Å²) < 4.78 is 13.4. The molecule has 2 saturated carbocycles. The minimum Gasteiger partial charge on any atom is -0.327 e. The fourth-order valence-corrected chi connectivity index (χ4v) is 4.03. The molecule has 0 saturated heterocycles. The highest BCUT2D eigenvalue weighted by atomic mass is 35.5. The van der Waals surface area contributed by atoms with Crippen LogP contribution in [0.4, 0.5) is 4.39 Å². The Morgan fingerprint density at radius 2 is 2.17 bits per heavy atom. The lowest BCUT2D eigenvalue weighted by atomic mass is 9.81. The molecular formula is C15H19ClFN. The minimum absolute atomic E-state index is 0.167. The minimum atomic E-state index is -0.339. The first kappa shape index (κ1) is 12.4. The molecule has 2 aliphatic rings. The van der Waals surface area contributed by atoms with Gasteiger partial charge in [0.2, 0.25) is 0 Å². The average Bonchev–Trinajstić information content (AvgIpc) is 2.96. The second-order valence-corrected chi connectivity index (χ2v) is 6.36. The molecule has 0 heterocycles. The Morgan fingerprint density at radius 3 is 2.78 bits per heavy atom. The van der Waals surface area contributed by atoms with Gasteiger partial charge in [-0.1, -0.05) is 24.1 Å². The van der Waals surface area contributed by atoms with Gasteiger partial charge in [-0.05, 0) is 61.1 Å². The van der Waals surface area contributed by atoms with Crippen molar-refractivity contribution in [2.45, 2.75) is 38.1 Å². The lowest BCUT2D eigenvalue weighted by molar-refractivity contribution is 0.280. The fourth-order valence-electron chi connectivity index (χ4n) is 3.91.